The van der Waals surface area contributed by atoms with Crippen LogP contribution < -0.4 is 10.1 Å². The van der Waals surface area contributed by atoms with Crippen LogP contribution in [0.2, 0.25) is 5.02 Å². The van der Waals surface area contributed by atoms with E-state index in [4.69, 9.17) is 20.8 Å². The Morgan fingerprint density at radius 2 is 1.85 bits per heavy atom. The summed E-state index contributed by atoms with van der Waals surface area (Å²) in [5.41, 5.74) is 1.13. The summed E-state index contributed by atoms with van der Waals surface area (Å²) in [6, 6.07) is 14.3. The first kappa shape index (κ1) is 25.2. The highest BCUT2D eigenvalue weighted by atomic mass is 35.5. The number of hydrogen-bond donors (Lipinski definition) is 1. The van der Waals surface area contributed by atoms with Crippen molar-refractivity contribution in [3.8, 4) is 17.2 Å². The first-order valence-corrected chi connectivity index (χ1v) is 11.8. The molecule has 0 fully saturated rings. The summed E-state index contributed by atoms with van der Waals surface area (Å²) in [5.74, 6) is 0.948. The Hall–Kier alpha value is -3.39. The van der Waals surface area contributed by atoms with Gasteiger partial charge in [0.15, 0.2) is 0 Å². The number of nitrogens with one attached hydrogen (secondary N) is 1. The van der Waals surface area contributed by atoms with Crippen molar-refractivity contribution in [1.29, 1.82) is 0 Å². The Morgan fingerprint density at radius 3 is 2.62 bits per heavy atom. The second-order valence-corrected chi connectivity index (χ2v) is 7.99. The normalized spacial score (nSPS) is 10.7. The van der Waals surface area contributed by atoms with Crippen LogP contribution in [-0.4, -0.2) is 46.6 Å². The number of benzene rings is 2. The summed E-state index contributed by atoms with van der Waals surface area (Å²) in [5, 5.41) is 11.5. The Balaban J connectivity index is 1.52. The van der Waals surface area contributed by atoms with Gasteiger partial charge in [-0.1, -0.05) is 42.8 Å². The molecule has 0 radical (unpaired) electrons. The zero-order valence-corrected chi connectivity index (χ0v) is 20.2. The molecule has 180 valence electrons. The van der Waals surface area contributed by atoms with Crippen molar-refractivity contribution < 1.29 is 18.7 Å². The third-order valence-corrected chi connectivity index (χ3v) is 5.36. The summed E-state index contributed by atoms with van der Waals surface area (Å²) < 4.78 is 11.3. The smallest absolute Gasteiger partial charge is 0.255 e. The molecule has 2 aromatic carbocycles. The van der Waals surface area contributed by atoms with Crippen LogP contribution in [0.25, 0.3) is 11.5 Å². The third kappa shape index (κ3) is 6.81. The molecule has 0 unspecified atom stereocenters. The summed E-state index contributed by atoms with van der Waals surface area (Å²) in [6.45, 7) is 5.51. The second-order valence-electron chi connectivity index (χ2n) is 7.58. The van der Waals surface area contributed by atoms with Crippen LogP contribution in [0.5, 0.6) is 5.75 Å². The Bertz CT molecular complexity index is 1100. The van der Waals surface area contributed by atoms with Crippen molar-refractivity contribution in [2.75, 3.05) is 19.7 Å². The zero-order chi connectivity index (χ0) is 24.3. The number of para-hydroxylation sites is 1. The van der Waals surface area contributed by atoms with Crippen LogP contribution in [0.3, 0.4) is 0 Å². The van der Waals surface area contributed by atoms with E-state index in [1.807, 2.05) is 32.0 Å². The number of rotatable bonds is 12. The molecule has 1 aromatic heterocycles. The first-order chi connectivity index (χ1) is 16.5. The molecule has 0 saturated heterocycles. The average Bonchev–Trinajstić information content (AvgIpc) is 3.30. The minimum absolute atomic E-state index is 0.0386. The predicted octanol–water partition coefficient (Wildman–Crippen LogP) is 4.74. The SMILES string of the molecule is CCCN(Cc1nnc(-c2ccccc2Cl)o1)C(=O)CCCNC(=O)c1ccccc1OCC. The maximum Gasteiger partial charge on any atom is 0.255 e. The quantitative estimate of drug-likeness (QED) is 0.373. The number of ether oxygens (including phenoxy) is 1. The van der Waals surface area contributed by atoms with Crippen molar-refractivity contribution >= 4 is 23.4 Å². The molecule has 0 atom stereocenters. The predicted molar refractivity (Wildman–Crippen MR) is 130 cm³/mol. The van der Waals surface area contributed by atoms with E-state index in [-0.39, 0.29) is 18.4 Å². The lowest BCUT2D eigenvalue weighted by atomic mass is 10.2. The van der Waals surface area contributed by atoms with Crippen LogP contribution >= 0.6 is 11.6 Å². The Labute approximate surface area is 204 Å². The second kappa shape index (κ2) is 12.7. The molecule has 0 bridgehead atoms. The molecule has 0 aliphatic heterocycles. The summed E-state index contributed by atoms with van der Waals surface area (Å²) in [4.78, 5) is 27.0. The van der Waals surface area contributed by atoms with E-state index in [0.29, 0.717) is 66.2 Å². The third-order valence-electron chi connectivity index (χ3n) is 5.03. The van der Waals surface area contributed by atoms with E-state index >= 15 is 0 Å². The van der Waals surface area contributed by atoms with Gasteiger partial charge < -0.3 is 19.4 Å². The maximum absolute atomic E-state index is 12.8. The van der Waals surface area contributed by atoms with Gasteiger partial charge in [-0.2, -0.15) is 0 Å². The zero-order valence-electron chi connectivity index (χ0n) is 19.4. The van der Waals surface area contributed by atoms with Crippen molar-refractivity contribution in [3.63, 3.8) is 0 Å². The standard InChI is InChI=1S/C25H29ClN4O4/c1-3-16-30(17-22-28-29-25(34-22)18-10-5-7-12-20(18)26)23(31)14-9-15-27-24(32)19-11-6-8-13-21(19)33-4-2/h5-8,10-13H,3-4,9,14-17H2,1-2H3,(H,27,32). The van der Waals surface area contributed by atoms with Gasteiger partial charge in [0, 0.05) is 19.5 Å². The van der Waals surface area contributed by atoms with Crippen molar-refractivity contribution in [1.82, 2.24) is 20.4 Å². The summed E-state index contributed by atoms with van der Waals surface area (Å²) in [7, 11) is 0. The molecule has 0 spiro atoms. The number of halogens is 1. The lowest BCUT2D eigenvalue weighted by Gasteiger charge is -2.20. The van der Waals surface area contributed by atoms with Gasteiger partial charge in [-0.05, 0) is 44.0 Å². The van der Waals surface area contributed by atoms with E-state index in [1.54, 1.807) is 35.2 Å². The van der Waals surface area contributed by atoms with Gasteiger partial charge in [0.25, 0.3) is 5.91 Å². The topological polar surface area (TPSA) is 97.6 Å². The number of carbonyl (C=O) groups excluding carboxylic acids is 2. The monoisotopic (exact) mass is 484 g/mol. The maximum atomic E-state index is 12.8. The molecule has 0 aliphatic rings. The molecule has 2 amide bonds. The van der Waals surface area contributed by atoms with Crippen LogP contribution in [0.15, 0.2) is 52.9 Å². The highest BCUT2D eigenvalue weighted by Crippen LogP contribution is 2.26. The van der Waals surface area contributed by atoms with Gasteiger partial charge >= 0.3 is 0 Å². The minimum atomic E-state index is -0.222. The van der Waals surface area contributed by atoms with Crippen LogP contribution in [0.4, 0.5) is 0 Å². The van der Waals surface area contributed by atoms with Crippen LogP contribution in [0, 0.1) is 0 Å². The first-order valence-electron chi connectivity index (χ1n) is 11.4. The molecule has 9 heteroatoms. The Kier molecular flexibility index (Phi) is 9.46. The fraction of sp³-hybridized carbons (Fsp3) is 0.360. The number of carbonyl (C=O) groups is 2. The van der Waals surface area contributed by atoms with Crippen LogP contribution in [-0.2, 0) is 11.3 Å². The highest BCUT2D eigenvalue weighted by molar-refractivity contribution is 6.33. The molecule has 1 heterocycles. The number of amides is 2. The van der Waals surface area contributed by atoms with E-state index in [1.165, 1.54) is 0 Å². The molecule has 3 aromatic rings. The molecule has 1 N–H and O–H groups in total. The molecule has 34 heavy (non-hydrogen) atoms. The van der Waals surface area contributed by atoms with Crippen molar-refractivity contribution in [2.45, 2.75) is 39.7 Å². The molecule has 0 saturated carbocycles. The van der Waals surface area contributed by atoms with E-state index in [2.05, 4.69) is 15.5 Å². The fourth-order valence-electron chi connectivity index (χ4n) is 3.42. The van der Waals surface area contributed by atoms with Gasteiger partial charge in [-0.15, -0.1) is 10.2 Å². The van der Waals surface area contributed by atoms with Gasteiger partial charge in [0.1, 0.15) is 5.75 Å². The van der Waals surface area contributed by atoms with Gasteiger partial charge in [0.05, 0.1) is 29.3 Å². The highest BCUT2D eigenvalue weighted by Gasteiger charge is 2.18. The lowest BCUT2D eigenvalue weighted by Crippen LogP contribution is -2.32. The van der Waals surface area contributed by atoms with Crippen molar-refractivity contribution in [2.24, 2.45) is 0 Å². The van der Waals surface area contributed by atoms with Crippen molar-refractivity contribution in [3.05, 3.63) is 65.0 Å². The number of hydrogen-bond acceptors (Lipinski definition) is 6. The van der Waals surface area contributed by atoms with E-state index in [9.17, 15) is 9.59 Å². The van der Waals surface area contributed by atoms with E-state index in [0.717, 1.165) is 6.42 Å². The number of nitrogens with zero attached hydrogens (tertiary/aromatic N) is 3. The molecule has 0 aliphatic carbocycles. The average molecular weight is 485 g/mol. The fourth-order valence-corrected chi connectivity index (χ4v) is 3.63. The minimum Gasteiger partial charge on any atom is -0.493 e. The molecule has 8 nitrogen and oxygen atoms in total. The molecule has 3 rings (SSSR count). The van der Waals surface area contributed by atoms with Crippen LogP contribution in [0.1, 0.15) is 49.4 Å². The van der Waals surface area contributed by atoms with Gasteiger partial charge in [0.2, 0.25) is 17.7 Å². The molecular formula is C25H29ClN4O4. The largest absolute Gasteiger partial charge is 0.493 e. The van der Waals surface area contributed by atoms with E-state index < -0.39 is 0 Å². The van der Waals surface area contributed by atoms with Gasteiger partial charge in [-0.25, -0.2) is 0 Å². The summed E-state index contributed by atoms with van der Waals surface area (Å²) in [6.07, 6.45) is 1.59. The summed E-state index contributed by atoms with van der Waals surface area (Å²) >= 11 is 6.20. The van der Waals surface area contributed by atoms with Gasteiger partial charge in [-0.3, -0.25) is 9.59 Å². The Morgan fingerprint density at radius 1 is 1.09 bits per heavy atom. The molecular weight excluding hydrogens is 456 g/mol. The number of aromatic nitrogens is 2. The lowest BCUT2D eigenvalue weighted by molar-refractivity contribution is -0.132.